The highest BCUT2D eigenvalue weighted by molar-refractivity contribution is 7.99. The molecule has 0 bridgehead atoms. The molecule has 0 saturated heterocycles. The average molecular weight is 583 g/mol. The summed E-state index contributed by atoms with van der Waals surface area (Å²) >= 11 is 9.01. The van der Waals surface area contributed by atoms with E-state index in [1.54, 1.807) is 7.11 Å². The van der Waals surface area contributed by atoms with Gasteiger partial charge < -0.3 is 10.1 Å². The van der Waals surface area contributed by atoms with E-state index in [0.29, 0.717) is 32.2 Å². The van der Waals surface area contributed by atoms with E-state index in [-0.39, 0.29) is 12.3 Å². The lowest BCUT2D eigenvalue weighted by atomic mass is 9.99. The van der Waals surface area contributed by atoms with E-state index in [0.717, 1.165) is 33.7 Å². The predicted octanol–water partition coefficient (Wildman–Crippen LogP) is 8.19. The molecule has 0 radical (unpaired) electrons. The number of anilines is 1. The molecule has 1 N–H and O–H groups in total. The van der Waals surface area contributed by atoms with Gasteiger partial charge in [-0.2, -0.15) is 5.26 Å². The highest BCUT2D eigenvalue weighted by Crippen LogP contribution is 2.35. The molecular formula is C31H23ClN4O2S2. The van der Waals surface area contributed by atoms with Crippen molar-refractivity contribution in [2.24, 2.45) is 0 Å². The Hall–Kier alpha value is -4.16. The van der Waals surface area contributed by atoms with Crippen LogP contribution in [-0.4, -0.2) is 28.7 Å². The van der Waals surface area contributed by atoms with Crippen LogP contribution in [0.15, 0.2) is 95.3 Å². The van der Waals surface area contributed by atoms with Gasteiger partial charge in [-0.25, -0.2) is 9.97 Å². The number of nitrogens with one attached hydrogen (secondary N) is 1. The maximum Gasteiger partial charge on any atom is 0.226 e. The second kappa shape index (κ2) is 12.8. The zero-order valence-electron chi connectivity index (χ0n) is 21.4. The Morgan fingerprint density at radius 1 is 0.975 bits per heavy atom. The number of carbonyl (C=O) groups is 1. The van der Waals surface area contributed by atoms with Crippen LogP contribution in [0.5, 0.6) is 5.75 Å². The van der Waals surface area contributed by atoms with Crippen LogP contribution in [0.2, 0.25) is 5.02 Å². The van der Waals surface area contributed by atoms with Gasteiger partial charge in [0.05, 0.1) is 24.1 Å². The molecule has 0 aliphatic carbocycles. The fourth-order valence-electron chi connectivity index (χ4n) is 4.04. The summed E-state index contributed by atoms with van der Waals surface area (Å²) in [4.78, 5) is 22.1. The van der Waals surface area contributed by atoms with Crippen LogP contribution in [0.4, 0.5) is 5.13 Å². The minimum absolute atomic E-state index is 0.166. The minimum atomic E-state index is -0.166. The van der Waals surface area contributed by atoms with Crippen molar-refractivity contribution < 1.29 is 9.53 Å². The number of pyridine rings is 1. The molecule has 198 valence electrons. The quantitative estimate of drug-likeness (QED) is 0.176. The molecule has 2 aromatic heterocycles. The van der Waals surface area contributed by atoms with Crippen molar-refractivity contribution in [3.8, 4) is 45.5 Å². The number of thiazole rings is 1. The van der Waals surface area contributed by atoms with Crippen molar-refractivity contribution in [2.45, 2.75) is 11.4 Å². The molecule has 2 heterocycles. The summed E-state index contributed by atoms with van der Waals surface area (Å²) in [6.07, 6.45) is 0.228. The molecule has 0 atom stereocenters. The second-order valence-corrected chi connectivity index (χ2v) is 11.0. The smallest absolute Gasteiger partial charge is 0.226 e. The van der Waals surface area contributed by atoms with Crippen molar-refractivity contribution in [1.29, 1.82) is 5.26 Å². The zero-order chi connectivity index (χ0) is 27.9. The Bertz CT molecular complexity index is 1680. The summed E-state index contributed by atoms with van der Waals surface area (Å²) in [5.41, 5.74) is 5.37. The fourth-order valence-corrected chi connectivity index (χ4v) is 5.94. The van der Waals surface area contributed by atoms with Gasteiger partial charge in [-0.05, 0) is 29.8 Å². The normalized spacial score (nSPS) is 10.6. The number of ether oxygens (including phenoxy) is 1. The van der Waals surface area contributed by atoms with Gasteiger partial charge in [0.15, 0.2) is 5.13 Å². The zero-order valence-corrected chi connectivity index (χ0v) is 23.8. The summed E-state index contributed by atoms with van der Waals surface area (Å²) in [5, 5.41) is 16.5. The number of methoxy groups -OCH3 is 1. The van der Waals surface area contributed by atoms with Gasteiger partial charge in [0, 0.05) is 39.3 Å². The van der Waals surface area contributed by atoms with Crippen LogP contribution >= 0.6 is 34.7 Å². The van der Waals surface area contributed by atoms with E-state index in [4.69, 9.17) is 21.3 Å². The van der Waals surface area contributed by atoms with E-state index in [1.807, 2.05) is 90.3 Å². The molecule has 0 aliphatic rings. The van der Waals surface area contributed by atoms with Crippen molar-refractivity contribution in [3.63, 3.8) is 0 Å². The molecule has 5 rings (SSSR count). The first kappa shape index (κ1) is 27.4. The largest absolute Gasteiger partial charge is 0.497 e. The molecule has 40 heavy (non-hydrogen) atoms. The third-order valence-corrected chi connectivity index (χ3v) is 8.10. The highest BCUT2D eigenvalue weighted by atomic mass is 35.5. The number of hydrogen-bond donors (Lipinski definition) is 1. The lowest BCUT2D eigenvalue weighted by Gasteiger charge is -2.13. The van der Waals surface area contributed by atoms with Crippen LogP contribution in [0, 0.1) is 11.3 Å². The van der Waals surface area contributed by atoms with Gasteiger partial charge in [-0.3, -0.25) is 4.79 Å². The van der Waals surface area contributed by atoms with Crippen LogP contribution < -0.4 is 10.1 Å². The summed E-state index contributed by atoms with van der Waals surface area (Å²) < 4.78 is 5.30. The summed E-state index contributed by atoms with van der Waals surface area (Å²) in [6.45, 7) is 0. The Balaban J connectivity index is 1.34. The van der Waals surface area contributed by atoms with Crippen molar-refractivity contribution >= 4 is 45.7 Å². The molecule has 6 nitrogen and oxygen atoms in total. The van der Waals surface area contributed by atoms with Crippen LogP contribution in [0.25, 0.3) is 33.6 Å². The van der Waals surface area contributed by atoms with Crippen LogP contribution in [0.1, 0.15) is 12.0 Å². The molecule has 3 aromatic carbocycles. The Labute approximate surface area is 245 Å². The third kappa shape index (κ3) is 6.35. The Morgan fingerprint density at radius 2 is 1.73 bits per heavy atom. The molecule has 9 heteroatoms. The van der Waals surface area contributed by atoms with Crippen molar-refractivity contribution in [1.82, 2.24) is 9.97 Å². The van der Waals surface area contributed by atoms with E-state index in [9.17, 15) is 10.1 Å². The predicted molar refractivity (Wildman–Crippen MR) is 163 cm³/mol. The minimum Gasteiger partial charge on any atom is -0.497 e. The van der Waals surface area contributed by atoms with E-state index in [2.05, 4.69) is 16.4 Å². The topological polar surface area (TPSA) is 87.9 Å². The Morgan fingerprint density at radius 3 is 2.45 bits per heavy atom. The Kier molecular flexibility index (Phi) is 8.77. The summed E-state index contributed by atoms with van der Waals surface area (Å²) in [5.74, 6) is 1.01. The lowest BCUT2D eigenvalue weighted by molar-refractivity contribution is -0.115. The van der Waals surface area contributed by atoms with Crippen LogP contribution in [0.3, 0.4) is 0 Å². The third-order valence-electron chi connectivity index (χ3n) is 6.04. The molecule has 0 fully saturated rings. The highest BCUT2D eigenvalue weighted by Gasteiger charge is 2.17. The number of thioether (sulfide) groups is 1. The summed E-state index contributed by atoms with van der Waals surface area (Å²) in [7, 11) is 1.62. The van der Waals surface area contributed by atoms with Gasteiger partial charge in [0.1, 0.15) is 16.8 Å². The number of amides is 1. The number of nitrogens with zero attached hydrogens (tertiary/aromatic N) is 3. The second-order valence-electron chi connectivity index (χ2n) is 8.61. The first-order valence-electron chi connectivity index (χ1n) is 12.3. The molecule has 0 saturated carbocycles. The van der Waals surface area contributed by atoms with Crippen LogP contribution in [-0.2, 0) is 4.79 Å². The monoisotopic (exact) mass is 582 g/mol. The number of carbonyl (C=O) groups excluding carboxylic acids is 1. The summed E-state index contributed by atoms with van der Waals surface area (Å²) in [6, 6.07) is 29.1. The molecule has 0 unspecified atom stereocenters. The number of aromatic nitrogens is 2. The molecule has 1 amide bonds. The van der Waals surface area contributed by atoms with E-state index >= 15 is 0 Å². The van der Waals surface area contributed by atoms with E-state index in [1.165, 1.54) is 23.1 Å². The number of benzene rings is 3. The average Bonchev–Trinajstić information content (AvgIpc) is 3.45. The molecule has 0 spiro atoms. The maximum atomic E-state index is 12.7. The van der Waals surface area contributed by atoms with Gasteiger partial charge >= 0.3 is 0 Å². The fraction of sp³-hybridized carbons (Fsp3) is 0.0968. The SMILES string of the molecule is COc1ccc(-c2cc(-c3ccccc3)nc(SCCC(=O)Nc3nc(-c4ccccc4Cl)cs3)c2C#N)cc1. The number of hydrogen-bond acceptors (Lipinski definition) is 7. The van der Waals surface area contributed by atoms with Gasteiger partial charge in [0.2, 0.25) is 5.91 Å². The lowest BCUT2D eigenvalue weighted by Crippen LogP contribution is -2.12. The van der Waals surface area contributed by atoms with Gasteiger partial charge in [0.25, 0.3) is 0 Å². The standard InChI is InChI=1S/C31H23ClN4O2S2/c1-38-22-13-11-20(12-14-22)24-17-27(21-7-3-2-4-8-21)34-30(25(24)18-33)39-16-15-29(37)36-31-35-28(19-40-31)23-9-5-6-10-26(23)32/h2-14,17,19H,15-16H2,1H3,(H,35,36,37). The van der Waals surface area contributed by atoms with Gasteiger partial charge in [-0.1, -0.05) is 72.3 Å². The van der Waals surface area contributed by atoms with Gasteiger partial charge in [-0.15, -0.1) is 23.1 Å². The number of nitriles is 1. The first-order valence-corrected chi connectivity index (χ1v) is 14.6. The number of rotatable bonds is 9. The molecular weight excluding hydrogens is 560 g/mol. The van der Waals surface area contributed by atoms with E-state index < -0.39 is 0 Å². The first-order chi connectivity index (χ1) is 19.6. The van der Waals surface area contributed by atoms with Crippen molar-refractivity contribution in [3.05, 3.63) is 101 Å². The number of halogens is 1. The molecule has 0 aliphatic heterocycles. The molecule has 5 aromatic rings. The maximum absolute atomic E-state index is 12.7. The van der Waals surface area contributed by atoms with Crippen molar-refractivity contribution in [2.75, 3.05) is 18.2 Å².